The quantitative estimate of drug-likeness (QED) is 0.509. The molecule has 8 heteroatoms. The van der Waals surface area contributed by atoms with Crippen molar-refractivity contribution in [3.8, 4) is 11.1 Å². The Balaban J connectivity index is 1.97. The van der Waals surface area contributed by atoms with Crippen molar-refractivity contribution in [3.63, 3.8) is 0 Å². The lowest BCUT2D eigenvalue weighted by Gasteiger charge is -2.23. The summed E-state index contributed by atoms with van der Waals surface area (Å²) in [6.07, 6.45) is 0. The van der Waals surface area contributed by atoms with Gasteiger partial charge in [0, 0.05) is 23.5 Å². The van der Waals surface area contributed by atoms with Gasteiger partial charge in [0.1, 0.15) is 10.6 Å². The van der Waals surface area contributed by atoms with E-state index >= 15 is 0 Å². The molecule has 0 unspecified atom stereocenters. The topological polar surface area (TPSA) is 64.0 Å². The van der Waals surface area contributed by atoms with Gasteiger partial charge in [-0.1, -0.05) is 23.9 Å². The summed E-state index contributed by atoms with van der Waals surface area (Å²) < 4.78 is 14.7. The van der Waals surface area contributed by atoms with Crippen LogP contribution in [-0.4, -0.2) is 26.2 Å². The Morgan fingerprint density at radius 1 is 1.29 bits per heavy atom. The Labute approximate surface area is 171 Å². The van der Waals surface area contributed by atoms with Gasteiger partial charge >= 0.3 is 0 Å². The summed E-state index contributed by atoms with van der Waals surface area (Å²) in [5.41, 5.74) is 0.997. The number of aromatic nitrogens is 2. The molecule has 1 aromatic carbocycles. The van der Waals surface area contributed by atoms with E-state index in [1.807, 2.05) is 26.2 Å². The van der Waals surface area contributed by atoms with Crippen LogP contribution in [0.25, 0.3) is 21.3 Å². The minimum Gasteiger partial charge on any atom is -0.351 e. The van der Waals surface area contributed by atoms with Crippen LogP contribution >= 0.6 is 23.1 Å². The average molecular weight is 420 g/mol. The van der Waals surface area contributed by atoms with Crippen LogP contribution < -0.4 is 10.9 Å². The molecule has 1 N–H and O–H groups in total. The second-order valence-electron chi connectivity index (χ2n) is 7.59. The van der Waals surface area contributed by atoms with Crippen LogP contribution in [0.3, 0.4) is 0 Å². The number of benzene rings is 1. The van der Waals surface area contributed by atoms with Crippen molar-refractivity contribution in [3.05, 3.63) is 45.8 Å². The van der Waals surface area contributed by atoms with Crippen molar-refractivity contribution >= 4 is 39.2 Å². The third-order valence-electron chi connectivity index (χ3n) is 4.08. The summed E-state index contributed by atoms with van der Waals surface area (Å²) in [5, 5.41) is 5.40. The molecule has 1 amide bonds. The molecule has 28 heavy (non-hydrogen) atoms. The van der Waals surface area contributed by atoms with Gasteiger partial charge in [-0.25, -0.2) is 9.37 Å². The first-order valence-electron chi connectivity index (χ1n) is 8.79. The molecule has 2 heterocycles. The minimum atomic E-state index is -0.397. The molecule has 0 radical (unpaired) electrons. The lowest BCUT2D eigenvalue weighted by Crippen LogP contribution is -2.44. The van der Waals surface area contributed by atoms with Crippen LogP contribution in [0.15, 0.2) is 39.6 Å². The van der Waals surface area contributed by atoms with Crippen LogP contribution in [0.4, 0.5) is 4.39 Å². The smallest absolute Gasteiger partial charge is 0.263 e. The number of hydrogen-bond donors (Lipinski definition) is 1. The maximum absolute atomic E-state index is 13.2. The predicted octanol–water partition coefficient (Wildman–Crippen LogP) is 4.20. The van der Waals surface area contributed by atoms with Crippen molar-refractivity contribution in [2.75, 3.05) is 0 Å². The molecular weight excluding hydrogens is 397 g/mol. The molecular formula is C20H22FN3O2S2. The molecule has 3 aromatic rings. The second kappa shape index (κ2) is 7.67. The Morgan fingerprint density at radius 2 is 1.93 bits per heavy atom. The van der Waals surface area contributed by atoms with E-state index in [9.17, 15) is 14.0 Å². The first kappa shape index (κ1) is 20.5. The number of fused-ring (bicyclic) bond motifs is 1. The lowest BCUT2D eigenvalue weighted by atomic mass is 10.1. The number of hydrogen-bond acceptors (Lipinski definition) is 5. The van der Waals surface area contributed by atoms with Gasteiger partial charge in [0.25, 0.3) is 5.56 Å². The first-order valence-corrected chi connectivity index (χ1v) is 10.6. The second-order valence-corrected chi connectivity index (χ2v) is 9.76. The highest BCUT2D eigenvalue weighted by molar-refractivity contribution is 8.00. The Kier molecular flexibility index (Phi) is 5.63. The van der Waals surface area contributed by atoms with E-state index in [1.54, 1.807) is 26.1 Å². The van der Waals surface area contributed by atoms with Crippen molar-refractivity contribution in [1.82, 2.24) is 14.9 Å². The summed E-state index contributed by atoms with van der Waals surface area (Å²) in [5.74, 6) is -0.430. The first-order chi connectivity index (χ1) is 13.1. The number of amides is 1. The zero-order valence-corrected chi connectivity index (χ0v) is 18.0. The molecule has 2 aromatic heterocycles. The third-order valence-corrected chi connectivity index (χ3v) is 6.09. The van der Waals surface area contributed by atoms with E-state index in [1.165, 1.54) is 39.8 Å². The molecule has 5 nitrogen and oxygen atoms in total. The van der Waals surface area contributed by atoms with Gasteiger partial charge in [0.15, 0.2) is 5.16 Å². The van der Waals surface area contributed by atoms with Crippen LogP contribution in [0.2, 0.25) is 0 Å². The summed E-state index contributed by atoms with van der Waals surface area (Å²) >= 11 is 2.62. The monoisotopic (exact) mass is 419 g/mol. The number of carbonyl (C=O) groups is 1. The fourth-order valence-electron chi connectivity index (χ4n) is 2.68. The van der Waals surface area contributed by atoms with Gasteiger partial charge in [-0.05, 0) is 45.4 Å². The maximum atomic E-state index is 13.2. The van der Waals surface area contributed by atoms with E-state index in [0.717, 1.165) is 11.1 Å². The number of thiophene rings is 1. The molecule has 0 bridgehead atoms. The number of nitrogens with zero attached hydrogens (tertiary/aromatic N) is 2. The number of nitrogens with one attached hydrogen (secondary N) is 1. The zero-order valence-electron chi connectivity index (χ0n) is 16.4. The largest absolute Gasteiger partial charge is 0.351 e. The Hall–Kier alpha value is -2.19. The number of rotatable bonds is 4. The van der Waals surface area contributed by atoms with Crippen LogP contribution in [0, 0.1) is 5.82 Å². The van der Waals surface area contributed by atoms with Crippen molar-refractivity contribution in [2.24, 2.45) is 7.05 Å². The highest BCUT2D eigenvalue weighted by Gasteiger charge is 2.23. The molecule has 0 aliphatic carbocycles. The summed E-state index contributed by atoms with van der Waals surface area (Å²) in [4.78, 5) is 30.6. The molecule has 0 spiro atoms. The van der Waals surface area contributed by atoms with Crippen LogP contribution in [-0.2, 0) is 11.8 Å². The van der Waals surface area contributed by atoms with E-state index in [-0.39, 0.29) is 22.8 Å². The van der Waals surface area contributed by atoms with Gasteiger partial charge in [-0.15, -0.1) is 11.3 Å². The summed E-state index contributed by atoms with van der Waals surface area (Å²) in [7, 11) is 1.65. The zero-order chi connectivity index (χ0) is 20.6. The van der Waals surface area contributed by atoms with Gasteiger partial charge in [-0.2, -0.15) is 0 Å². The molecule has 0 saturated heterocycles. The molecule has 0 aliphatic rings. The molecule has 0 saturated carbocycles. The SMILES string of the molecule is C[C@@H](Sc1nc2scc(-c3ccc(F)cc3)c2c(=O)n1C)C(=O)NC(C)(C)C. The highest BCUT2D eigenvalue weighted by atomic mass is 32.2. The molecule has 0 fully saturated rings. The number of halogens is 1. The predicted molar refractivity (Wildman–Crippen MR) is 113 cm³/mol. The van der Waals surface area contributed by atoms with Crippen molar-refractivity contribution in [2.45, 2.75) is 43.6 Å². The fraction of sp³-hybridized carbons (Fsp3) is 0.350. The van der Waals surface area contributed by atoms with Crippen molar-refractivity contribution in [1.29, 1.82) is 0 Å². The van der Waals surface area contributed by atoms with Gasteiger partial charge in [0.2, 0.25) is 5.91 Å². The Morgan fingerprint density at radius 3 is 2.54 bits per heavy atom. The van der Waals surface area contributed by atoms with Gasteiger partial charge in [0.05, 0.1) is 10.6 Å². The molecule has 148 valence electrons. The average Bonchev–Trinajstić information content (AvgIpc) is 3.02. The number of thioether (sulfide) groups is 1. The molecule has 1 atom stereocenters. The Bertz CT molecular complexity index is 1080. The van der Waals surface area contributed by atoms with Crippen LogP contribution in [0.1, 0.15) is 27.7 Å². The van der Waals surface area contributed by atoms with E-state index in [4.69, 9.17) is 0 Å². The van der Waals surface area contributed by atoms with E-state index < -0.39 is 5.25 Å². The van der Waals surface area contributed by atoms with Gasteiger partial charge < -0.3 is 5.32 Å². The van der Waals surface area contributed by atoms with Gasteiger partial charge in [-0.3, -0.25) is 14.2 Å². The lowest BCUT2D eigenvalue weighted by molar-refractivity contribution is -0.121. The summed E-state index contributed by atoms with van der Waals surface area (Å²) in [6.45, 7) is 7.56. The third kappa shape index (κ3) is 4.28. The normalized spacial score (nSPS) is 12.9. The minimum absolute atomic E-state index is 0.106. The van der Waals surface area contributed by atoms with Crippen molar-refractivity contribution < 1.29 is 9.18 Å². The highest BCUT2D eigenvalue weighted by Crippen LogP contribution is 2.32. The molecule has 0 aliphatic heterocycles. The number of carbonyl (C=O) groups excluding carboxylic acids is 1. The fourth-order valence-corrected chi connectivity index (χ4v) is 4.55. The van der Waals surface area contributed by atoms with E-state index in [2.05, 4.69) is 10.3 Å². The summed E-state index contributed by atoms with van der Waals surface area (Å²) in [6, 6.07) is 6.04. The molecule has 3 rings (SSSR count). The standard InChI is InChI=1S/C20H22FN3O2S2/c1-11(16(25)23-20(2,3)4)28-19-22-17-15(18(26)24(19)5)14(10-27-17)12-6-8-13(21)9-7-12/h6-11H,1-5H3,(H,23,25)/t11-/m1/s1. The van der Waals surface area contributed by atoms with E-state index in [0.29, 0.717) is 15.4 Å². The van der Waals surface area contributed by atoms with Crippen LogP contribution in [0.5, 0.6) is 0 Å². The maximum Gasteiger partial charge on any atom is 0.263 e.